The molecule has 0 unspecified atom stereocenters. The number of carbonyl (C=O) groups is 1. The second-order valence-corrected chi connectivity index (χ2v) is 6.88. The lowest BCUT2D eigenvalue weighted by atomic mass is 10.1. The van der Waals surface area contributed by atoms with Gasteiger partial charge in [-0.1, -0.05) is 24.3 Å². The predicted molar refractivity (Wildman–Crippen MR) is 109 cm³/mol. The number of fused-ring (bicyclic) bond motifs is 1. The first-order valence-corrected chi connectivity index (χ1v) is 9.33. The number of carbonyl (C=O) groups excluding carboxylic acids is 1. The second-order valence-electron chi connectivity index (χ2n) is 6.88. The minimum absolute atomic E-state index is 0.0322. The van der Waals surface area contributed by atoms with Crippen LogP contribution in [0, 0.1) is 6.92 Å². The van der Waals surface area contributed by atoms with Crippen LogP contribution in [-0.4, -0.2) is 41.0 Å². The summed E-state index contributed by atoms with van der Waals surface area (Å²) in [6, 6.07) is 8.31. The number of aromatic amines is 1. The molecule has 7 N–H and O–H groups in total. The highest BCUT2D eigenvalue weighted by Gasteiger charge is 2.22. The predicted octanol–water partition coefficient (Wildman–Crippen LogP) is -0.479. The Morgan fingerprint density at radius 3 is 2.66 bits per heavy atom. The molecule has 1 amide bonds. The van der Waals surface area contributed by atoms with Gasteiger partial charge >= 0.3 is 0 Å². The van der Waals surface area contributed by atoms with Crippen LogP contribution in [0.4, 0.5) is 5.82 Å². The van der Waals surface area contributed by atoms with Gasteiger partial charge < -0.3 is 31.9 Å². The zero-order valence-corrected chi connectivity index (χ0v) is 16.2. The molecule has 2 aromatic rings. The number of oxime groups is 1. The van der Waals surface area contributed by atoms with Gasteiger partial charge in [-0.2, -0.15) is 0 Å². The van der Waals surface area contributed by atoms with Crippen LogP contribution in [0.2, 0.25) is 0 Å². The summed E-state index contributed by atoms with van der Waals surface area (Å²) in [5.74, 6) is -0.206. The maximum atomic E-state index is 12.3. The van der Waals surface area contributed by atoms with Gasteiger partial charge in [-0.15, -0.1) is 0 Å². The molecule has 0 aliphatic heterocycles. The Labute approximate surface area is 167 Å². The number of aromatic nitrogens is 2. The Morgan fingerprint density at radius 1 is 1.31 bits per heavy atom. The summed E-state index contributed by atoms with van der Waals surface area (Å²) < 4.78 is 0. The lowest BCUT2D eigenvalue weighted by molar-refractivity contribution is -0.120. The topological polar surface area (TPSA) is 161 Å². The number of guanidine groups is 1. The highest BCUT2D eigenvalue weighted by atomic mass is 16.6. The first-order chi connectivity index (χ1) is 13.9. The van der Waals surface area contributed by atoms with Crippen LogP contribution in [-0.2, 0) is 28.9 Å². The van der Waals surface area contributed by atoms with Gasteiger partial charge in [0, 0.05) is 11.7 Å². The van der Waals surface area contributed by atoms with Crippen molar-refractivity contribution >= 4 is 17.7 Å². The third-order valence-electron chi connectivity index (χ3n) is 4.60. The van der Waals surface area contributed by atoms with Crippen LogP contribution in [0.1, 0.15) is 22.5 Å². The van der Waals surface area contributed by atoms with Crippen molar-refractivity contribution in [1.82, 2.24) is 15.3 Å². The molecule has 1 aromatic carbocycles. The molecule has 10 nitrogen and oxygen atoms in total. The molecule has 10 heteroatoms. The number of aryl methyl sites for hydroxylation is 1. The number of anilines is 1. The highest BCUT2D eigenvalue weighted by Crippen LogP contribution is 2.23. The molecule has 0 spiro atoms. The number of hydrogen-bond donors (Lipinski definition) is 5. The molecular formula is C19H25N7O3. The molecule has 0 saturated carbocycles. The van der Waals surface area contributed by atoms with E-state index in [1.54, 1.807) is 6.92 Å². The number of rotatable bonds is 8. The van der Waals surface area contributed by atoms with E-state index in [1.807, 2.05) is 12.1 Å². The zero-order valence-electron chi connectivity index (χ0n) is 16.2. The van der Waals surface area contributed by atoms with Gasteiger partial charge in [-0.3, -0.25) is 9.59 Å². The van der Waals surface area contributed by atoms with Crippen molar-refractivity contribution < 1.29 is 9.63 Å². The summed E-state index contributed by atoms with van der Waals surface area (Å²) in [5.41, 5.74) is 13.6. The number of nitrogens with zero attached hydrogens (tertiary/aromatic N) is 2. The molecule has 1 aliphatic rings. The van der Waals surface area contributed by atoms with Crippen molar-refractivity contribution in [3.63, 3.8) is 0 Å². The molecule has 1 heterocycles. The van der Waals surface area contributed by atoms with Gasteiger partial charge in [0.05, 0.1) is 18.7 Å². The highest BCUT2D eigenvalue weighted by molar-refractivity contribution is 5.78. The lowest BCUT2D eigenvalue weighted by Gasteiger charge is -2.14. The number of amides is 1. The molecular weight excluding hydrogens is 374 g/mol. The van der Waals surface area contributed by atoms with E-state index in [9.17, 15) is 9.59 Å². The molecule has 154 valence electrons. The molecule has 0 saturated heterocycles. The first kappa shape index (κ1) is 20.2. The second kappa shape index (κ2) is 9.09. The maximum Gasteiger partial charge on any atom is 0.290 e. The fourth-order valence-corrected chi connectivity index (χ4v) is 3.27. The van der Waals surface area contributed by atoms with Gasteiger partial charge in [-0.25, -0.2) is 4.98 Å². The summed E-state index contributed by atoms with van der Waals surface area (Å²) in [5, 5.41) is 9.27. The van der Waals surface area contributed by atoms with Crippen LogP contribution in [0.25, 0.3) is 0 Å². The summed E-state index contributed by atoms with van der Waals surface area (Å²) in [7, 11) is 0. The van der Waals surface area contributed by atoms with Crippen LogP contribution in [0.15, 0.2) is 34.2 Å². The SMILES string of the molecule is Cc1[nH]c(=O)c(NC2Cc3ccccc3C2)nc1CC(=O)NCCON=C(N)N. The zero-order chi connectivity index (χ0) is 20.8. The van der Waals surface area contributed by atoms with Gasteiger partial charge in [0.25, 0.3) is 5.56 Å². The van der Waals surface area contributed by atoms with E-state index >= 15 is 0 Å². The summed E-state index contributed by atoms with van der Waals surface area (Å²) in [6.45, 7) is 2.09. The number of H-pyrrole nitrogens is 1. The largest absolute Gasteiger partial charge is 0.391 e. The lowest BCUT2D eigenvalue weighted by Crippen LogP contribution is -2.31. The molecule has 0 radical (unpaired) electrons. The van der Waals surface area contributed by atoms with Crippen LogP contribution >= 0.6 is 0 Å². The fourth-order valence-electron chi connectivity index (χ4n) is 3.27. The standard InChI is InChI=1S/C19H25N7O3/c1-11-15(10-16(27)22-6-7-29-26-19(20)21)25-17(18(28)23-11)24-14-8-12-4-2-3-5-13(12)9-14/h2-5,14H,6-10H2,1H3,(H,22,27)(H,23,28)(H,24,25)(H4,20,21,26). The Balaban J connectivity index is 1.59. The number of hydrogen-bond acceptors (Lipinski definition) is 6. The Bertz CT molecular complexity index is 942. The average molecular weight is 399 g/mol. The molecule has 3 rings (SSSR count). The van der Waals surface area contributed by atoms with E-state index in [4.69, 9.17) is 16.3 Å². The average Bonchev–Trinajstić information content (AvgIpc) is 3.07. The Kier molecular flexibility index (Phi) is 6.32. The molecule has 1 aromatic heterocycles. The van der Waals surface area contributed by atoms with E-state index in [-0.39, 0.29) is 48.9 Å². The van der Waals surface area contributed by atoms with Gasteiger partial charge in [0.1, 0.15) is 6.61 Å². The number of benzene rings is 1. The minimum atomic E-state index is -0.298. The monoisotopic (exact) mass is 399 g/mol. The van der Waals surface area contributed by atoms with Crippen LogP contribution in [0.3, 0.4) is 0 Å². The quantitative estimate of drug-likeness (QED) is 0.173. The van der Waals surface area contributed by atoms with Gasteiger partial charge in [0.2, 0.25) is 11.9 Å². The van der Waals surface area contributed by atoms with Crippen molar-refractivity contribution in [2.24, 2.45) is 16.6 Å². The van der Waals surface area contributed by atoms with E-state index < -0.39 is 0 Å². The number of nitrogens with one attached hydrogen (secondary N) is 3. The normalized spacial score (nSPS) is 12.9. The molecule has 0 bridgehead atoms. The molecule has 0 fully saturated rings. The molecule has 0 atom stereocenters. The first-order valence-electron chi connectivity index (χ1n) is 9.33. The van der Waals surface area contributed by atoms with Gasteiger partial charge in [0.15, 0.2) is 5.82 Å². The van der Waals surface area contributed by atoms with E-state index in [0.29, 0.717) is 11.4 Å². The van der Waals surface area contributed by atoms with Crippen molar-refractivity contribution in [2.45, 2.75) is 32.2 Å². The van der Waals surface area contributed by atoms with E-state index in [2.05, 4.69) is 37.9 Å². The van der Waals surface area contributed by atoms with Crippen molar-refractivity contribution in [2.75, 3.05) is 18.5 Å². The van der Waals surface area contributed by atoms with Crippen LogP contribution in [0.5, 0.6) is 0 Å². The third-order valence-corrected chi connectivity index (χ3v) is 4.60. The minimum Gasteiger partial charge on any atom is -0.391 e. The fraction of sp³-hybridized carbons (Fsp3) is 0.368. The third kappa shape index (κ3) is 5.47. The van der Waals surface area contributed by atoms with Crippen molar-refractivity contribution in [1.29, 1.82) is 0 Å². The van der Waals surface area contributed by atoms with E-state index in [0.717, 1.165) is 12.8 Å². The van der Waals surface area contributed by atoms with Gasteiger partial charge in [-0.05, 0) is 36.0 Å². The summed E-state index contributed by atoms with van der Waals surface area (Å²) in [6.07, 6.45) is 1.69. The summed E-state index contributed by atoms with van der Waals surface area (Å²) in [4.78, 5) is 36.4. The Hall–Kier alpha value is -3.56. The van der Waals surface area contributed by atoms with Crippen LogP contribution < -0.4 is 27.7 Å². The van der Waals surface area contributed by atoms with E-state index in [1.165, 1.54) is 11.1 Å². The van der Waals surface area contributed by atoms with Crippen molar-refractivity contribution in [3.05, 3.63) is 57.1 Å². The maximum absolute atomic E-state index is 12.3. The summed E-state index contributed by atoms with van der Waals surface area (Å²) >= 11 is 0. The van der Waals surface area contributed by atoms with Crippen molar-refractivity contribution in [3.8, 4) is 0 Å². The molecule has 29 heavy (non-hydrogen) atoms. The Morgan fingerprint density at radius 2 is 2.00 bits per heavy atom. The molecule has 1 aliphatic carbocycles. The number of nitrogens with two attached hydrogens (primary N) is 2. The smallest absolute Gasteiger partial charge is 0.290 e.